The van der Waals surface area contributed by atoms with Crippen LogP contribution >= 0.6 is 0 Å². The lowest BCUT2D eigenvalue weighted by Crippen LogP contribution is -2.45. The van der Waals surface area contributed by atoms with Crippen LogP contribution in [-0.2, 0) is 19.7 Å². The van der Waals surface area contributed by atoms with E-state index >= 15 is 0 Å². The Bertz CT molecular complexity index is 780. The maximum Gasteiger partial charge on any atom is 0.198 e. The molecule has 0 N–H and O–H groups in total. The molecule has 0 saturated heterocycles. The van der Waals surface area contributed by atoms with Crippen molar-refractivity contribution in [3.63, 3.8) is 0 Å². The summed E-state index contributed by atoms with van der Waals surface area (Å²) in [6.07, 6.45) is -0.0318. The first-order chi connectivity index (χ1) is 10.8. The third-order valence-corrected chi connectivity index (χ3v) is 10.4. The van der Waals surface area contributed by atoms with E-state index in [9.17, 15) is 16.8 Å². The van der Waals surface area contributed by atoms with Crippen LogP contribution in [-0.4, -0.2) is 20.9 Å². The number of rotatable bonds is 6. The molecule has 0 aliphatic carbocycles. The van der Waals surface area contributed by atoms with Crippen LogP contribution in [0.4, 0.5) is 0 Å². The highest BCUT2D eigenvalue weighted by Gasteiger charge is 2.53. The van der Waals surface area contributed by atoms with Gasteiger partial charge in [-0.25, -0.2) is 16.8 Å². The molecule has 0 fully saturated rings. The molecule has 0 aromatic heterocycles. The van der Waals surface area contributed by atoms with Gasteiger partial charge in [0, 0.05) is 0 Å². The van der Waals surface area contributed by atoms with Crippen molar-refractivity contribution in [2.45, 2.75) is 40.6 Å². The van der Waals surface area contributed by atoms with Gasteiger partial charge in [0.15, 0.2) is 23.8 Å². The summed E-state index contributed by atoms with van der Waals surface area (Å²) in [6, 6.07) is 15.5. The fourth-order valence-electron chi connectivity index (χ4n) is 2.78. The summed E-state index contributed by atoms with van der Waals surface area (Å²) in [6.45, 7) is 3.20. The van der Waals surface area contributed by atoms with Crippen molar-refractivity contribution in [2.24, 2.45) is 0 Å². The molecule has 0 aliphatic heterocycles. The highest BCUT2D eigenvalue weighted by atomic mass is 32.3. The quantitative estimate of drug-likeness (QED) is 0.798. The molecule has 6 heteroatoms. The van der Waals surface area contributed by atoms with Gasteiger partial charge in [0.25, 0.3) is 0 Å². The maximum atomic E-state index is 13.2. The normalized spacial score (nSPS) is 13.0. The molecule has 0 aliphatic rings. The van der Waals surface area contributed by atoms with Crippen molar-refractivity contribution in [2.75, 3.05) is 0 Å². The van der Waals surface area contributed by atoms with Gasteiger partial charge in [-0.05, 0) is 37.1 Å². The lowest BCUT2D eigenvalue weighted by Gasteiger charge is -2.31. The van der Waals surface area contributed by atoms with Crippen LogP contribution in [0.5, 0.6) is 0 Å². The Balaban J connectivity index is 2.75. The highest BCUT2D eigenvalue weighted by molar-refractivity contribution is 8.10. The Kier molecular flexibility index (Phi) is 4.96. The molecule has 0 radical (unpaired) electrons. The molecule has 2 rings (SSSR count). The van der Waals surface area contributed by atoms with Crippen molar-refractivity contribution >= 4 is 19.7 Å². The SMILES string of the molecule is CCC(CC)(S(=O)(=O)c1ccccc1)S(=O)(=O)c1ccccc1. The van der Waals surface area contributed by atoms with Crippen molar-refractivity contribution < 1.29 is 16.8 Å². The molecule has 4 nitrogen and oxygen atoms in total. The Morgan fingerprint density at radius 2 is 0.957 bits per heavy atom. The zero-order valence-corrected chi connectivity index (χ0v) is 14.8. The van der Waals surface area contributed by atoms with Crippen LogP contribution in [0.1, 0.15) is 26.7 Å². The molecule has 2 aromatic rings. The van der Waals surface area contributed by atoms with E-state index in [1.54, 1.807) is 50.2 Å². The summed E-state index contributed by atoms with van der Waals surface area (Å²) >= 11 is 0. The van der Waals surface area contributed by atoms with E-state index in [0.717, 1.165) is 0 Å². The topological polar surface area (TPSA) is 68.3 Å². The molecule has 0 unspecified atom stereocenters. The first-order valence-corrected chi connectivity index (χ1v) is 10.4. The molecule has 0 saturated carbocycles. The van der Waals surface area contributed by atoms with Crippen molar-refractivity contribution in [1.29, 1.82) is 0 Å². The van der Waals surface area contributed by atoms with Crippen LogP contribution in [0.25, 0.3) is 0 Å². The smallest absolute Gasteiger partial charge is 0.198 e. The van der Waals surface area contributed by atoms with Gasteiger partial charge in [-0.15, -0.1) is 0 Å². The van der Waals surface area contributed by atoms with E-state index in [0.29, 0.717) is 0 Å². The zero-order chi connectivity index (χ0) is 17.1. The van der Waals surface area contributed by atoms with Crippen molar-refractivity contribution in [3.8, 4) is 0 Å². The Morgan fingerprint density at radius 3 is 1.22 bits per heavy atom. The van der Waals surface area contributed by atoms with Gasteiger partial charge in [0.1, 0.15) is 0 Å². The Morgan fingerprint density at radius 1 is 0.652 bits per heavy atom. The van der Waals surface area contributed by atoms with Gasteiger partial charge >= 0.3 is 0 Å². The largest absolute Gasteiger partial charge is 0.222 e. The molecule has 2 aromatic carbocycles. The first kappa shape index (κ1) is 17.7. The molecular weight excluding hydrogens is 332 g/mol. The zero-order valence-electron chi connectivity index (χ0n) is 13.1. The number of hydrogen-bond acceptors (Lipinski definition) is 4. The number of benzene rings is 2. The predicted molar refractivity (Wildman–Crippen MR) is 90.6 cm³/mol. The Labute approximate surface area is 138 Å². The molecule has 0 bridgehead atoms. The second-order valence-electron chi connectivity index (χ2n) is 5.25. The first-order valence-electron chi connectivity index (χ1n) is 7.43. The van der Waals surface area contributed by atoms with Crippen LogP contribution in [0.15, 0.2) is 70.5 Å². The third kappa shape index (κ3) is 2.70. The van der Waals surface area contributed by atoms with Crippen LogP contribution in [0.3, 0.4) is 0 Å². The molecule has 0 heterocycles. The van der Waals surface area contributed by atoms with E-state index in [-0.39, 0.29) is 22.6 Å². The average molecular weight is 352 g/mol. The third-order valence-electron chi connectivity index (χ3n) is 4.16. The number of sulfone groups is 2. The van der Waals surface area contributed by atoms with E-state index in [1.165, 1.54) is 24.3 Å². The summed E-state index contributed by atoms with van der Waals surface area (Å²) in [5.41, 5.74) is 0. The van der Waals surface area contributed by atoms with Gasteiger partial charge in [0.05, 0.1) is 9.79 Å². The van der Waals surface area contributed by atoms with E-state index in [2.05, 4.69) is 0 Å². The van der Waals surface area contributed by atoms with E-state index in [4.69, 9.17) is 0 Å². The van der Waals surface area contributed by atoms with Gasteiger partial charge in [-0.2, -0.15) is 0 Å². The Hall–Kier alpha value is -1.66. The van der Waals surface area contributed by atoms with Crippen molar-refractivity contribution in [1.82, 2.24) is 0 Å². The van der Waals surface area contributed by atoms with Crippen LogP contribution in [0.2, 0.25) is 0 Å². The summed E-state index contributed by atoms with van der Waals surface area (Å²) < 4.78 is 50.8. The molecule has 0 amide bonds. The maximum absolute atomic E-state index is 13.2. The fourth-order valence-corrected chi connectivity index (χ4v) is 7.93. The number of hydrogen-bond donors (Lipinski definition) is 0. The van der Waals surface area contributed by atoms with Gasteiger partial charge in [-0.3, -0.25) is 0 Å². The minimum absolute atomic E-state index is 0.0159. The predicted octanol–water partition coefficient (Wildman–Crippen LogP) is 3.45. The van der Waals surface area contributed by atoms with Crippen LogP contribution < -0.4 is 0 Å². The molecule has 0 spiro atoms. The minimum Gasteiger partial charge on any atom is -0.222 e. The molecule has 0 atom stereocenters. The monoisotopic (exact) mass is 352 g/mol. The van der Waals surface area contributed by atoms with Crippen molar-refractivity contribution in [3.05, 3.63) is 60.7 Å². The fraction of sp³-hybridized carbons (Fsp3) is 0.294. The van der Waals surface area contributed by atoms with E-state index in [1.807, 2.05) is 0 Å². The minimum atomic E-state index is -4.06. The highest BCUT2D eigenvalue weighted by Crippen LogP contribution is 2.40. The standard InChI is InChI=1S/C17H20O4S2/c1-3-17(4-2,22(18,19)15-11-7-5-8-12-15)23(20,21)16-13-9-6-10-14-16/h5-14H,3-4H2,1-2H3. The molecular formula is C17H20O4S2. The van der Waals surface area contributed by atoms with Gasteiger partial charge < -0.3 is 0 Å². The summed E-state index contributed by atoms with van der Waals surface area (Å²) in [7, 11) is -8.11. The molecule has 23 heavy (non-hydrogen) atoms. The second kappa shape index (κ2) is 6.45. The van der Waals surface area contributed by atoms with Gasteiger partial charge in [0.2, 0.25) is 0 Å². The summed E-state index contributed by atoms with van der Waals surface area (Å²) in [5, 5.41) is 0. The average Bonchev–Trinajstić information content (AvgIpc) is 2.57. The lowest BCUT2D eigenvalue weighted by molar-refractivity contribution is 0.523. The van der Waals surface area contributed by atoms with E-state index < -0.39 is 23.8 Å². The second-order valence-corrected chi connectivity index (χ2v) is 10.0. The summed E-state index contributed by atoms with van der Waals surface area (Å²) in [4.78, 5) is 0.0615. The lowest BCUT2D eigenvalue weighted by atomic mass is 10.2. The summed E-state index contributed by atoms with van der Waals surface area (Å²) in [5.74, 6) is 0. The molecule has 124 valence electrons. The van der Waals surface area contributed by atoms with Crippen LogP contribution in [0, 0.1) is 0 Å². The van der Waals surface area contributed by atoms with Gasteiger partial charge in [-0.1, -0.05) is 50.2 Å².